The first kappa shape index (κ1) is 12.0. The van der Waals surface area contributed by atoms with Crippen LogP contribution in [-0.2, 0) is 5.54 Å². The molecular weight excluding hydrogens is 206 g/mol. The minimum atomic E-state index is -0.277. The van der Waals surface area contributed by atoms with E-state index in [1.54, 1.807) is 0 Å². The van der Waals surface area contributed by atoms with Gasteiger partial charge in [-0.1, -0.05) is 42.5 Å². The molecule has 2 aromatic rings. The van der Waals surface area contributed by atoms with Crippen molar-refractivity contribution in [3.05, 3.63) is 48.0 Å². The Bertz CT molecular complexity index is 452. The van der Waals surface area contributed by atoms with Crippen LogP contribution in [0.5, 0.6) is 0 Å². The summed E-state index contributed by atoms with van der Waals surface area (Å²) < 4.78 is 0. The van der Waals surface area contributed by atoms with Crippen molar-refractivity contribution in [3.8, 4) is 0 Å². The first-order valence-corrected chi connectivity index (χ1v) is 4.86. The highest BCUT2D eigenvalue weighted by atomic mass is 35.5. The molecule has 0 spiro atoms. The lowest BCUT2D eigenvalue weighted by atomic mass is 9.91. The maximum absolute atomic E-state index is 6.12. The number of benzene rings is 2. The third kappa shape index (κ3) is 2.31. The Morgan fingerprint density at radius 2 is 1.53 bits per heavy atom. The van der Waals surface area contributed by atoms with Gasteiger partial charge in [0.1, 0.15) is 0 Å². The van der Waals surface area contributed by atoms with Crippen molar-refractivity contribution < 1.29 is 0 Å². The van der Waals surface area contributed by atoms with Crippen molar-refractivity contribution in [3.63, 3.8) is 0 Å². The lowest BCUT2D eigenvalue weighted by molar-refractivity contribution is 0.559. The van der Waals surface area contributed by atoms with E-state index >= 15 is 0 Å². The van der Waals surface area contributed by atoms with Gasteiger partial charge < -0.3 is 5.73 Å². The molecule has 2 aromatic carbocycles. The van der Waals surface area contributed by atoms with E-state index in [4.69, 9.17) is 5.73 Å². The standard InChI is InChI=1S/C13H15N.ClH/c1-13(2,14)12-9-5-7-10-6-3-4-8-11(10)12;/h3-9H,14H2,1-2H3;1H. The zero-order valence-electron chi connectivity index (χ0n) is 9.03. The number of hydrogen-bond donors (Lipinski definition) is 1. The SMILES string of the molecule is CC(C)(N)c1cccc2ccccc12.Cl. The molecular formula is C13H16ClN. The van der Waals surface area contributed by atoms with Gasteiger partial charge in [0.15, 0.2) is 0 Å². The highest BCUT2D eigenvalue weighted by Crippen LogP contribution is 2.26. The molecule has 0 aliphatic carbocycles. The van der Waals surface area contributed by atoms with Crippen LogP contribution in [0.15, 0.2) is 42.5 Å². The van der Waals surface area contributed by atoms with Gasteiger partial charge in [-0.15, -0.1) is 12.4 Å². The predicted octanol–water partition coefficient (Wildman–Crippen LogP) is 3.46. The summed E-state index contributed by atoms with van der Waals surface area (Å²) in [6.07, 6.45) is 0. The third-order valence-electron chi connectivity index (χ3n) is 2.48. The Morgan fingerprint density at radius 3 is 2.20 bits per heavy atom. The van der Waals surface area contributed by atoms with E-state index in [9.17, 15) is 0 Å². The van der Waals surface area contributed by atoms with Gasteiger partial charge in [0.25, 0.3) is 0 Å². The van der Waals surface area contributed by atoms with E-state index < -0.39 is 0 Å². The summed E-state index contributed by atoms with van der Waals surface area (Å²) in [6.45, 7) is 4.07. The fraction of sp³-hybridized carbons (Fsp3) is 0.231. The summed E-state index contributed by atoms with van der Waals surface area (Å²) in [5.74, 6) is 0. The molecule has 0 aliphatic rings. The summed E-state index contributed by atoms with van der Waals surface area (Å²) in [5, 5.41) is 2.51. The molecule has 0 bridgehead atoms. The molecule has 0 unspecified atom stereocenters. The lowest BCUT2D eigenvalue weighted by Crippen LogP contribution is -2.28. The van der Waals surface area contributed by atoms with E-state index in [2.05, 4.69) is 42.5 Å². The van der Waals surface area contributed by atoms with Gasteiger partial charge >= 0.3 is 0 Å². The fourth-order valence-electron chi connectivity index (χ4n) is 1.79. The van der Waals surface area contributed by atoms with Crippen molar-refractivity contribution in [1.82, 2.24) is 0 Å². The first-order valence-electron chi connectivity index (χ1n) is 4.86. The van der Waals surface area contributed by atoms with Crippen molar-refractivity contribution in [1.29, 1.82) is 0 Å². The highest BCUT2D eigenvalue weighted by molar-refractivity contribution is 5.86. The first-order chi connectivity index (χ1) is 6.59. The molecule has 1 nitrogen and oxygen atoms in total. The van der Waals surface area contributed by atoms with Crippen molar-refractivity contribution in [2.24, 2.45) is 5.73 Å². The summed E-state index contributed by atoms with van der Waals surface area (Å²) in [7, 11) is 0. The molecule has 0 atom stereocenters. The molecule has 0 saturated carbocycles. The second kappa shape index (κ2) is 4.21. The van der Waals surface area contributed by atoms with Crippen LogP contribution < -0.4 is 5.73 Å². The number of hydrogen-bond acceptors (Lipinski definition) is 1. The number of rotatable bonds is 1. The Hall–Kier alpha value is -1.05. The third-order valence-corrected chi connectivity index (χ3v) is 2.48. The van der Waals surface area contributed by atoms with Crippen LogP contribution in [0.25, 0.3) is 10.8 Å². The molecule has 0 aromatic heterocycles. The minimum Gasteiger partial charge on any atom is -0.322 e. The molecule has 0 amide bonds. The molecule has 2 N–H and O–H groups in total. The van der Waals surface area contributed by atoms with Crippen LogP contribution in [0.1, 0.15) is 19.4 Å². The zero-order chi connectivity index (χ0) is 10.2. The maximum atomic E-state index is 6.12. The Morgan fingerprint density at radius 1 is 0.933 bits per heavy atom. The smallest absolute Gasteiger partial charge is 0.0358 e. The fourth-order valence-corrected chi connectivity index (χ4v) is 1.79. The largest absolute Gasteiger partial charge is 0.322 e. The molecule has 0 fully saturated rings. The van der Waals surface area contributed by atoms with E-state index in [-0.39, 0.29) is 17.9 Å². The average molecular weight is 222 g/mol. The lowest BCUT2D eigenvalue weighted by Gasteiger charge is -2.21. The summed E-state index contributed by atoms with van der Waals surface area (Å²) >= 11 is 0. The predicted molar refractivity (Wildman–Crippen MR) is 68.4 cm³/mol. The van der Waals surface area contributed by atoms with Crippen LogP contribution in [0.3, 0.4) is 0 Å². The van der Waals surface area contributed by atoms with Crippen LogP contribution in [-0.4, -0.2) is 0 Å². The molecule has 0 heterocycles. The van der Waals surface area contributed by atoms with E-state index in [1.165, 1.54) is 16.3 Å². The quantitative estimate of drug-likeness (QED) is 0.784. The molecule has 80 valence electrons. The van der Waals surface area contributed by atoms with E-state index in [0.29, 0.717) is 0 Å². The number of nitrogens with two attached hydrogens (primary N) is 1. The van der Waals surface area contributed by atoms with Crippen molar-refractivity contribution >= 4 is 23.2 Å². The Balaban J connectivity index is 0.00000112. The Kier molecular flexibility index (Phi) is 3.38. The van der Waals surface area contributed by atoms with E-state index in [1.807, 2.05) is 13.8 Å². The van der Waals surface area contributed by atoms with Crippen molar-refractivity contribution in [2.75, 3.05) is 0 Å². The van der Waals surface area contributed by atoms with Crippen LogP contribution >= 0.6 is 12.4 Å². The van der Waals surface area contributed by atoms with Gasteiger partial charge in [0.05, 0.1) is 0 Å². The zero-order valence-corrected chi connectivity index (χ0v) is 9.84. The van der Waals surface area contributed by atoms with Crippen LogP contribution in [0.2, 0.25) is 0 Å². The van der Waals surface area contributed by atoms with Crippen molar-refractivity contribution in [2.45, 2.75) is 19.4 Å². The summed E-state index contributed by atoms with van der Waals surface area (Å²) in [4.78, 5) is 0. The van der Waals surface area contributed by atoms with Crippen LogP contribution in [0.4, 0.5) is 0 Å². The van der Waals surface area contributed by atoms with Gasteiger partial charge in [-0.3, -0.25) is 0 Å². The second-order valence-electron chi connectivity index (χ2n) is 4.25. The maximum Gasteiger partial charge on any atom is 0.0358 e. The molecule has 0 saturated heterocycles. The second-order valence-corrected chi connectivity index (χ2v) is 4.25. The number of fused-ring (bicyclic) bond motifs is 1. The average Bonchev–Trinajstić information content (AvgIpc) is 2.15. The summed E-state index contributed by atoms with van der Waals surface area (Å²) in [6, 6.07) is 14.6. The normalized spacial score (nSPS) is 11.1. The Labute approximate surface area is 96.7 Å². The summed E-state index contributed by atoms with van der Waals surface area (Å²) in [5.41, 5.74) is 7.05. The minimum absolute atomic E-state index is 0. The van der Waals surface area contributed by atoms with Gasteiger partial charge in [-0.2, -0.15) is 0 Å². The van der Waals surface area contributed by atoms with Gasteiger partial charge in [-0.05, 0) is 30.2 Å². The molecule has 2 rings (SSSR count). The van der Waals surface area contributed by atoms with Crippen LogP contribution in [0, 0.1) is 0 Å². The molecule has 2 heteroatoms. The van der Waals surface area contributed by atoms with E-state index in [0.717, 1.165) is 0 Å². The molecule has 15 heavy (non-hydrogen) atoms. The molecule has 0 aliphatic heterocycles. The topological polar surface area (TPSA) is 26.0 Å². The van der Waals surface area contributed by atoms with Gasteiger partial charge in [0, 0.05) is 5.54 Å². The number of halogens is 1. The molecule has 0 radical (unpaired) electrons. The monoisotopic (exact) mass is 221 g/mol. The van der Waals surface area contributed by atoms with Gasteiger partial charge in [0.2, 0.25) is 0 Å². The highest BCUT2D eigenvalue weighted by Gasteiger charge is 2.16. The van der Waals surface area contributed by atoms with Gasteiger partial charge in [-0.25, -0.2) is 0 Å².